The maximum absolute atomic E-state index is 13.0. The molecule has 1 atom stereocenters. The maximum atomic E-state index is 13.0. The van der Waals surface area contributed by atoms with Crippen molar-refractivity contribution in [1.29, 1.82) is 0 Å². The van der Waals surface area contributed by atoms with Crippen molar-refractivity contribution in [3.8, 4) is 0 Å². The Morgan fingerprint density at radius 1 is 1.35 bits per heavy atom. The van der Waals surface area contributed by atoms with Gasteiger partial charge in [-0.2, -0.15) is 5.10 Å². The average molecular weight is 300 g/mol. The molecule has 0 aliphatic carbocycles. The molecule has 1 rings (SSSR count). The number of hydrogen-bond acceptors (Lipinski definition) is 3. The summed E-state index contributed by atoms with van der Waals surface area (Å²) in [5.41, 5.74) is 0.0170. The topological polar surface area (TPSA) is 38.1 Å². The van der Waals surface area contributed by atoms with Crippen LogP contribution in [0.1, 0.15) is 57.9 Å². The molecule has 0 aliphatic rings. The van der Waals surface area contributed by atoms with Gasteiger partial charge in [-0.15, -0.1) is 0 Å². The highest BCUT2D eigenvalue weighted by Gasteiger charge is 2.39. The highest BCUT2D eigenvalue weighted by molar-refractivity contribution is 6.34. The number of rotatable bonds is 8. The van der Waals surface area contributed by atoms with Crippen LogP contribution in [0.3, 0.4) is 0 Å². The molecule has 4 nitrogen and oxygen atoms in total. The molecule has 0 spiro atoms. The number of Topliss-reactive ketones (excluding diaryl/α,β-unsaturated/α-hetero) is 1. The van der Waals surface area contributed by atoms with Crippen LogP contribution in [0, 0.1) is 0 Å². The Labute approximate surface area is 127 Å². The van der Waals surface area contributed by atoms with E-state index >= 15 is 0 Å². The van der Waals surface area contributed by atoms with Gasteiger partial charge in [-0.1, -0.05) is 39.3 Å². The lowest BCUT2D eigenvalue weighted by atomic mass is 9.88. The fraction of sp³-hybridized carbons (Fsp3) is 0.733. The number of nitrogens with zero attached hydrogens (tertiary/aromatic N) is 3. The van der Waals surface area contributed by atoms with Crippen LogP contribution in [0.2, 0.25) is 5.02 Å². The number of likely N-dealkylation sites (N-methyl/N-ethyl adjacent to an activating group) is 1. The van der Waals surface area contributed by atoms with Crippen LogP contribution < -0.4 is 0 Å². The summed E-state index contributed by atoms with van der Waals surface area (Å²) in [4.78, 5) is 15.2. The molecule has 0 amide bonds. The van der Waals surface area contributed by atoms with Gasteiger partial charge in [0.1, 0.15) is 5.69 Å². The minimum atomic E-state index is -0.529. The van der Waals surface area contributed by atoms with Crippen LogP contribution in [0.25, 0.3) is 0 Å². The number of ketones is 1. The Morgan fingerprint density at radius 2 is 1.95 bits per heavy atom. The largest absolute Gasteiger partial charge is 0.291 e. The number of carbonyl (C=O) groups is 1. The minimum absolute atomic E-state index is 0.0691. The number of halogens is 1. The number of aromatic nitrogens is 2. The second-order valence-electron chi connectivity index (χ2n) is 5.19. The van der Waals surface area contributed by atoms with Gasteiger partial charge >= 0.3 is 0 Å². The summed E-state index contributed by atoms with van der Waals surface area (Å²) in [6.07, 6.45) is 3.25. The Bertz CT molecular complexity index is 454. The Morgan fingerprint density at radius 3 is 2.40 bits per heavy atom. The summed E-state index contributed by atoms with van der Waals surface area (Å²) in [7, 11) is 0. The molecule has 0 saturated carbocycles. The van der Waals surface area contributed by atoms with Gasteiger partial charge in [0.2, 0.25) is 5.78 Å². The van der Waals surface area contributed by atoms with Gasteiger partial charge in [0, 0.05) is 6.54 Å². The van der Waals surface area contributed by atoms with Crippen LogP contribution in [-0.4, -0.2) is 39.1 Å². The smallest absolute Gasteiger partial charge is 0.202 e. The Hall–Kier alpha value is -0.870. The third-order valence-electron chi connectivity index (χ3n) is 4.08. The van der Waals surface area contributed by atoms with Crippen LogP contribution >= 0.6 is 11.6 Å². The van der Waals surface area contributed by atoms with E-state index in [1.165, 1.54) is 0 Å². The third kappa shape index (κ3) is 3.07. The van der Waals surface area contributed by atoms with E-state index < -0.39 is 5.54 Å². The normalized spacial score (nSPS) is 14.6. The van der Waals surface area contributed by atoms with Crippen LogP contribution in [0.5, 0.6) is 0 Å². The molecule has 0 radical (unpaired) electrons. The first kappa shape index (κ1) is 17.2. The predicted octanol–water partition coefficient (Wildman–Crippen LogP) is 3.64. The molecule has 0 N–H and O–H groups in total. The Kier molecular flexibility index (Phi) is 6.21. The zero-order chi connectivity index (χ0) is 15.3. The van der Waals surface area contributed by atoms with Crippen molar-refractivity contribution in [2.45, 2.75) is 59.5 Å². The molecule has 20 heavy (non-hydrogen) atoms. The SMILES string of the molecule is CCCn1ncc(Cl)c1C(=O)C(C)(CC)N(CC)CC. The summed E-state index contributed by atoms with van der Waals surface area (Å²) in [6, 6.07) is 0. The van der Waals surface area contributed by atoms with Gasteiger partial charge in [-0.05, 0) is 32.9 Å². The van der Waals surface area contributed by atoms with E-state index in [-0.39, 0.29) is 5.78 Å². The lowest BCUT2D eigenvalue weighted by molar-refractivity contribution is 0.0596. The van der Waals surface area contributed by atoms with Crippen molar-refractivity contribution in [1.82, 2.24) is 14.7 Å². The lowest BCUT2D eigenvalue weighted by Gasteiger charge is -2.38. The van der Waals surface area contributed by atoms with Crippen molar-refractivity contribution >= 4 is 17.4 Å². The van der Waals surface area contributed by atoms with E-state index in [2.05, 4.69) is 30.8 Å². The van der Waals surface area contributed by atoms with E-state index in [4.69, 9.17) is 11.6 Å². The Balaban J connectivity index is 3.23. The number of hydrogen-bond donors (Lipinski definition) is 0. The number of aryl methyl sites for hydroxylation is 1. The van der Waals surface area contributed by atoms with Gasteiger partial charge in [0.15, 0.2) is 0 Å². The van der Waals surface area contributed by atoms with Crippen LogP contribution in [0.4, 0.5) is 0 Å². The second-order valence-corrected chi connectivity index (χ2v) is 5.60. The molecule has 114 valence electrons. The summed E-state index contributed by atoms with van der Waals surface area (Å²) < 4.78 is 1.74. The van der Waals surface area contributed by atoms with E-state index in [1.54, 1.807) is 10.9 Å². The monoisotopic (exact) mass is 299 g/mol. The molecular weight excluding hydrogens is 274 g/mol. The minimum Gasteiger partial charge on any atom is -0.291 e. The van der Waals surface area contributed by atoms with Crippen LogP contribution in [0.15, 0.2) is 6.20 Å². The van der Waals surface area contributed by atoms with Crippen LogP contribution in [-0.2, 0) is 6.54 Å². The zero-order valence-corrected chi connectivity index (χ0v) is 14.0. The molecule has 0 fully saturated rings. The maximum Gasteiger partial charge on any atom is 0.202 e. The summed E-state index contributed by atoms with van der Waals surface area (Å²) in [5, 5.41) is 4.68. The second kappa shape index (κ2) is 7.23. The summed E-state index contributed by atoms with van der Waals surface area (Å²) in [6.45, 7) is 12.7. The van der Waals surface area contributed by atoms with E-state index in [0.717, 1.165) is 25.9 Å². The molecule has 0 saturated heterocycles. The highest BCUT2D eigenvalue weighted by Crippen LogP contribution is 2.28. The molecule has 5 heteroatoms. The lowest BCUT2D eigenvalue weighted by Crippen LogP contribution is -2.52. The molecule has 1 aromatic rings. The first-order chi connectivity index (χ1) is 9.46. The van der Waals surface area contributed by atoms with Gasteiger partial charge in [-0.3, -0.25) is 14.4 Å². The molecule has 0 aliphatic heterocycles. The van der Waals surface area contributed by atoms with Gasteiger partial charge in [0.05, 0.1) is 16.8 Å². The fourth-order valence-electron chi connectivity index (χ4n) is 2.67. The van der Waals surface area contributed by atoms with Crippen molar-refractivity contribution in [3.05, 3.63) is 16.9 Å². The van der Waals surface area contributed by atoms with E-state index in [9.17, 15) is 4.79 Å². The zero-order valence-electron chi connectivity index (χ0n) is 13.2. The molecule has 0 aromatic carbocycles. The standard InChI is InChI=1S/C15H26ClN3O/c1-6-10-19-13(12(16)11-17-19)14(20)15(5,7-2)18(8-3)9-4/h11H,6-10H2,1-5H3. The first-order valence-corrected chi connectivity index (χ1v) is 7.85. The number of carbonyl (C=O) groups excluding carboxylic acids is 1. The fourth-order valence-corrected chi connectivity index (χ4v) is 2.90. The van der Waals surface area contributed by atoms with E-state index in [1.807, 2.05) is 13.8 Å². The molecule has 1 aromatic heterocycles. The summed E-state index contributed by atoms with van der Waals surface area (Å²) in [5.74, 6) is 0.0691. The quantitative estimate of drug-likeness (QED) is 0.688. The molecule has 1 unspecified atom stereocenters. The van der Waals surface area contributed by atoms with Crippen molar-refractivity contribution in [3.63, 3.8) is 0 Å². The molecular formula is C15H26ClN3O. The van der Waals surface area contributed by atoms with Gasteiger partial charge < -0.3 is 0 Å². The van der Waals surface area contributed by atoms with Crippen molar-refractivity contribution < 1.29 is 4.79 Å². The van der Waals surface area contributed by atoms with Gasteiger partial charge in [-0.25, -0.2) is 0 Å². The van der Waals surface area contributed by atoms with Gasteiger partial charge in [0.25, 0.3) is 0 Å². The third-order valence-corrected chi connectivity index (χ3v) is 4.36. The van der Waals surface area contributed by atoms with Crippen molar-refractivity contribution in [2.75, 3.05) is 13.1 Å². The highest BCUT2D eigenvalue weighted by atomic mass is 35.5. The molecule has 0 bridgehead atoms. The van der Waals surface area contributed by atoms with E-state index in [0.29, 0.717) is 17.3 Å². The first-order valence-electron chi connectivity index (χ1n) is 7.47. The molecule has 1 heterocycles. The average Bonchev–Trinajstić information content (AvgIpc) is 2.80. The predicted molar refractivity (Wildman–Crippen MR) is 83.5 cm³/mol. The summed E-state index contributed by atoms with van der Waals surface area (Å²) >= 11 is 6.21. The van der Waals surface area contributed by atoms with Crippen molar-refractivity contribution in [2.24, 2.45) is 0 Å².